The summed E-state index contributed by atoms with van der Waals surface area (Å²) in [5.41, 5.74) is 8.79. The Kier molecular flexibility index (Phi) is 5.19. The van der Waals surface area contributed by atoms with Crippen LogP contribution in [0.1, 0.15) is 63.7 Å². The Labute approximate surface area is 201 Å². The number of halogens is 2. The van der Waals surface area contributed by atoms with Crippen LogP contribution in [0.15, 0.2) is 30.6 Å². The minimum absolute atomic E-state index is 0.117. The van der Waals surface area contributed by atoms with Crippen molar-refractivity contribution in [3.05, 3.63) is 64.2 Å². The van der Waals surface area contributed by atoms with Crippen molar-refractivity contribution >= 4 is 17.5 Å². The largest absolute Gasteiger partial charge is 0.383 e. The summed E-state index contributed by atoms with van der Waals surface area (Å²) in [5, 5.41) is 6.93. The number of nitrogens with one attached hydrogen (secondary N) is 1. The molecule has 4 heterocycles. The third kappa shape index (κ3) is 4.00. The molecule has 0 bridgehead atoms. The Hall–Kier alpha value is -3.56. The molecule has 1 aliphatic heterocycles. The fourth-order valence-electron chi connectivity index (χ4n) is 5.49. The standard InChI is InChI=1S/C25H27F2N7O/c1-13-14(2-5-21(30-13)33-9-15-8-16(15)10-33)11-34-12-19(22(32-34)23(26)27)25(35)31-20-4-3-18-17(20)6-7-29-24(18)28/h2,5-7,12,15-16,20,23H,3-4,8-11H2,1H3,(H2,28,29)(H,31,35). The van der Waals surface area contributed by atoms with E-state index >= 15 is 0 Å². The number of fused-ring (bicyclic) bond motifs is 2. The molecule has 3 aromatic heterocycles. The van der Waals surface area contributed by atoms with Crippen LogP contribution in [-0.2, 0) is 13.0 Å². The van der Waals surface area contributed by atoms with Crippen LogP contribution in [0.2, 0.25) is 0 Å². The van der Waals surface area contributed by atoms with Crippen molar-refractivity contribution in [2.24, 2.45) is 11.8 Å². The Morgan fingerprint density at radius 2 is 2.06 bits per heavy atom. The third-order valence-corrected chi connectivity index (χ3v) is 7.55. The van der Waals surface area contributed by atoms with Gasteiger partial charge in [-0.05, 0) is 66.8 Å². The molecule has 1 saturated heterocycles. The highest BCUT2D eigenvalue weighted by Crippen LogP contribution is 2.46. The third-order valence-electron chi connectivity index (χ3n) is 7.55. The highest BCUT2D eigenvalue weighted by molar-refractivity contribution is 5.95. The molecule has 3 atom stereocenters. The number of aryl methyl sites for hydroxylation is 1. The number of aromatic nitrogens is 4. The van der Waals surface area contributed by atoms with Crippen LogP contribution in [0, 0.1) is 18.8 Å². The number of piperidine rings is 1. The zero-order valence-electron chi connectivity index (χ0n) is 19.4. The van der Waals surface area contributed by atoms with Gasteiger partial charge >= 0.3 is 0 Å². The summed E-state index contributed by atoms with van der Waals surface area (Å²) >= 11 is 0. The molecule has 6 rings (SSSR count). The van der Waals surface area contributed by atoms with Gasteiger partial charge in [-0.15, -0.1) is 0 Å². The Bertz CT molecular complexity index is 1300. The second-order valence-corrected chi connectivity index (χ2v) is 9.83. The first-order valence-corrected chi connectivity index (χ1v) is 12.0. The lowest BCUT2D eigenvalue weighted by Crippen LogP contribution is -2.27. The lowest BCUT2D eigenvalue weighted by Gasteiger charge is -2.20. The van der Waals surface area contributed by atoms with Crippen LogP contribution in [0.25, 0.3) is 0 Å². The summed E-state index contributed by atoms with van der Waals surface area (Å²) in [5.74, 6) is 2.45. The number of nitrogens with two attached hydrogens (primary N) is 1. The summed E-state index contributed by atoms with van der Waals surface area (Å²) in [4.78, 5) is 24.2. The van der Waals surface area contributed by atoms with Gasteiger partial charge in [0.2, 0.25) is 0 Å². The molecule has 0 spiro atoms. The van der Waals surface area contributed by atoms with E-state index in [0.29, 0.717) is 18.7 Å². The summed E-state index contributed by atoms with van der Waals surface area (Å²) < 4.78 is 29.0. The minimum Gasteiger partial charge on any atom is -0.383 e. The quantitative estimate of drug-likeness (QED) is 0.562. The molecule has 2 fully saturated rings. The molecule has 10 heteroatoms. The van der Waals surface area contributed by atoms with Gasteiger partial charge in [0.15, 0.2) is 0 Å². The highest BCUT2D eigenvalue weighted by atomic mass is 19.3. The van der Waals surface area contributed by atoms with Gasteiger partial charge in [-0.25, -0.2) is 18.7 Å². The van der Waals surface area contributed by atoms with Crippen LogP contribution in [-0.4, -0.2) is 38.7 Å². The summed E-state index contributed by atoms with van der Waals surface area (Å²) in [6.07, 6.45) is 2.78. The molecule has 1 saturated carbocycles. The topological polar surface area (TPSA) is 102 Å². The number of hydrogen-bond donors (Lipinski definition) is 2. The molecule has 182 valence electrons. The van der Waals surface area contributed by atoms with Crippen molar-refractivity contribution in [2.45, 2.75) is 45.2 Å². The van der Waals surface area contributed by atoms with Gasteiger partial charge in [-0.3, -0.25) is 9.48 Å². The van der Waals surface area contributed by atoms with Crippen molar-refractivity contribution in [1.82, 2.24) is 25.1 Å². The number of rotatable bonds is 6. The second kappa shape index (κ2) is 8.28. The average Bonchev–Trinajstić information content (AvgIpc) is 3.19. The van der Waals surface area contributed by atoms with Crippen LogP contribution in [0.5, 0.6) is 0 Å². The number of nitrogen functional groups attached to an aromatic ring is 1. The fraction of sp³-hybridized carbons (Fsp3) is 0.440. The molecule has 3 N–H and O–H groups in total. The van der Waals surface area contributed by atoms with Crippen molar-refractivity contribution in [1.29, 1.82) is 0 Å². The number of pyridine rings is 2. The number of anilines is 2. The van der Waals surface area contributed by atoms with Gasteiger partial charge in [0.1, 0.15) is 17.3 Å². The van der Waals surface area contributed by atoms with Gasteiger partial charge in [-0.2, -0.15) is 5.10 Å². The molecule has 3 unspecified atom stereocenters. The molecule has 3 aromatic rings. The van der Waals surface area contributed by atoms with Gasteiger partial charge in [0.25, 0.3) is 12.3 Å². The zero-order chi connectivity index (χ0) is 24.3. The number of carbonyl (C=O) groups excluding carboxylic acids is 1. The predicted octanol–water partition coefficient (Wildman–Crippen LogP) is 3.42. The maximum absolute atomic E-state index is 13.8. The Balaban J connectivity index is 1.20. The number of hydrogen-bond acceptors (Lipinski definition) is 6. The van der Waals surface area contributed by atoms with E-state index in [1.54, 1.807) is 6.20 Å². The highest BCUT2D eigenvalue weighted by Gasteiger charge is 2.45. The van der Waals surface area contributed by atoms with Crippen LogP contribution < -0.4 is 16.0 Å². The van der Waals surface area contributed by atoms with Crippen molar-refractivity contribution in [3.63, 3.8) is 0 Å². The molecule has 1 amide bonds. The Morgan fingerprint density at radius 1 is 1.26 bits per heavy atom. The maximum Gasteiger partial charge on any atom is 0.282 e. The molecular weight excluding hydrogens is 452 g/mol. The maximum atomic E-state index is 13.8. The van der Waals surface area contributed by atoms with E-state index < -0.39 is 18.0 Å². The van der Waals surface area contributed by atoms with E-state index in [0.717, 1.165) is 53.1 Å². The SMILES string of the molecule is Cc1nc(N2CC3CC3C2)ccc1Cn1cc(C(=O)NC2CCc3c2ccnc3N)c(C(F)F)n1. The van der Waals surface area contributed by atoms with Crippen LogP contribution in [0.3, 0.4) is 0 Å². The van der Waals surface area contributed by atoms with E-state index in [1.807, 2.05) is 25.1 Å². The van der Waals surface area contributed by atoms with E-state index in [2.05, 4.69) is 20.3 Å². The van der Waals surface area contributed by atoms with E-state index in [4.69, 9.17) is 10.7 Å². The van der Waals surface area contributed by atoms with Crippen LogP contribution >= 0.6 is 0 Å². The molecule has 0 radical (unpaired) electrons. The summed E-state index contributed by atoms with van der Waals surface area (Å²) in [6, 6.07) is 5.47. The Morgan fingerprint density at radius 3 is 2.80 bits per heavy atom. The number of amides is 1. The van der Waals surface area contributed by atoms with Gasteiger partial charge < -0.3 is 16.0 Å². The van der Waals surface area contributed by atoms with E-state index in [9.17, 15) is 13.6 Å². The fourth-order valence-corrected chi connectivity index (χ4v) is 5.49. The van der Waals surface area contributed by atoms with Gasteiger partial charge in [-0.1, -0.05) is 6.07 Å². The lowest BCUT2D eigenvalue weighted by atomic mass is 10.1. The van der Waals surface area contributed by atoms with Gasteiger partial charge in [0.05, 0.1) is 18.2 Å². The minimum atomic E-state index is -2.86. The summed E-state index contributed by atoms with van der Waals surface area (Å²) in [7, 11) is 0. The number of nitrogens with zero attached hydrogens (tertiary/aromatic N) is 5. The first kappa shape index (κ1) is 21.9. The van der Waals surface area contributed by atoms with Crippen molar-refractivity contribution in [3.8, 4) is 0 Å². The second-order valence-electron chi connectivity index (χ2n) is 9.83. The molecule has 2 aliphatic carbocycles. The number of alkyl halides is 2. The van der Waals surface area contributed by atoms with Gasteiger partial charge in [0, 0.05) is 31.2 Å². The first-order chi connectivity index (χ1) is 16.9. The number of carbonyl (C=O) groups is 1. The molecular formula is C25H27F2N7O. The monoisotopic (exact) mass is 479 g/mol. The van der Waals surface area contributed by atoms with Crippen molar-refractivity contribution in [2.75, 3.05) is 23.7 Å². The van der Waals surface area contributed by atoms with Crippen LogP contribution in [0.4, 0.5) is 20.4 Å². The smallest absolute Gasteiger partial charge is 0.282 e. The molecule has 3 aliphatic rings. The van der Waals surface area contributed by atoms with E-state index in [-0.39, 0.29) is 18.2 Å². The average molecular weight is 480 g/mol. The first-order valence-electron chi connectivity index (χ1n) is 12.0. The molecule has 8 nitrogen and oxygen atoms in total. The zero-order valence-corrected chi connectivity index (χ0v) is 19.4. The summed E-state index contributed by atoms with van der Waals surface area (Å²) in [6.45, 7) is 4.28. The molecule has 0 aromatic carbocycles. The molecule has 35 heavy (non-hydrogen) atoms. The lowest BCUT2D eigenvalue weighted by molar-refractivity contribution is 0.0922. The normalized spacial score (nSPS) is 22.4. The van der Waals surface area contributed by atoms with E-state index in [1.165, 1.54) is 17.3 Å². The van der Waals surface area contributed by atoms with Crippen molar-refractivity contribution < 1.29 is 13.6 Å². The predicted molar refractivity (Wildman–Crippen MR) is 126 cm³/mol.